The summed E-state index contributed by atoms with van der Waals surface area (Å²) >= 11 is 6.40. The van der Waals surface area contributed by atoms with Gasteiger partial charge in [-0.1, -0.05) is 50.6 Å². The number of rotatable bonds is 8. The van der Waals surface area contributed by atoms with Crippen LogP contribution in [0.2, 0.25) is 5.02 Å². The van der Waals surface area contributed by atoms with Gasteiger partial charge in [0.2, 0.25) is 0 Å². The van der Waals surface area contributed by atoms with E-state index < -0.39 is 0 Å². The molecule has 3 rings (SSSR count). The van der Waals surface area contributed by atoms with E-state index in [-0.39, 0.29) is 6.10 Å². The normalized spacial score (nSPS) is 20.8. The molecule has 1 unspecified atom stereocenters. The standard InChI is InChI=1S/C22H35ClN2O2/c1-3-4-5-6-7-8-11-25-12-9-17(10-13-25)18-14-19(23)20(24)22-21(18)26-15-16(2)27-22/h14,16-17H,3-13,15,24H2,1-2H3. The van der Waals surface area contributed by atoms with Crippen molar-refractivity contribution in [3.8, 4) is 11.5 Å². The molecule has 1 aromatic carbocycles. The van der Waals surface area contributed by atoms with Crippen molar-refractivity contribution < 1.29 is 9.47 Å². The Morgan fingerprint density at radius 3 is 2.56 bits per heavy atom. The van der Waals surface area contributed by atoms with Crippen LogP contribution < -0.4 is 15.2 Å². The van der Waals surface area contributed by atoms with Gasteiger partial charge in [0.05, 0.1) is 10.7 Å². The van der Waals surface area contributed by atoms with E-state index in [4.69, 9.17) is 26.8 Å². The van der Waals surface area contributed by atoms with E-state index in [1.165, 1.54) is 50.6 Å². The molecule has 0 saturated carbocycles. The highest BCUT2D eigenvalue weighted by atomic mass is 35.5. The second-order valence-corrected chi connectivity index (χ2v) is 8.55. The van der Waals surface area contributed by atoms with E-state index in [9.17, 15) is 0 Å². The van der Waals surface area contributed by atoms with Gasteiger partial charge in [0, 0.05) is 5.56 Å². The summed E-state index contributed by atoms with van der Waals surface area (Å²) in [7, 11) is 0. The number of anilines is 1. The van der Waals surface area contributed by atoms with Gasteiger partial charge in [-0.05, 0) is 57.8 Å². The Hall–Kier alpha value is -1.13. The van der Waals surface area contributed by atoms with Gasteiger partial charge >= 0.3 is 0 Å². The van der Waals surface area contributed by atoms with Crippen molar-refractivity contribution in [1.29, 1.82) is 0 Å². The maximum Gasteiger partial charge on any atom is 0.186 e. The molecule has 0 bridgehead atoms. The van der Waals surface area contributed by atoms with Crippen LogP contribution in [0.15, 0.2) is 6.07 Å². The maximum absolute atomic E-state index is 6.40. The number of hydrogen-bond donors (Lipinski definition) is 1. The molecule has 1 saturated heterocycles. The SMILES string of the molecule is CCCCCCCCN1CCC(c2cc(Cl)c(N)c3c2OCC(C)O3)CC1. The lowest BCUT2D eigenvalue weighted by atomic mass is 9.88. The number of fused-ring (bicyclic) bond motifs is 1. The van der Waals surface area contributed by atoms with E-state index >= 15 is 0 Å². The zero-order chi connectivity index (χ0) is 19.2. The fraction of sp³-hybridized carbons (Fsp3) is 0.727. The lowest BCUT2D eigenvalue weighted by molar-refractivity contribution is 0.102. The summed E-state index contributed by atoms with van der Waals surface area (Å²) in [6.07, 6.45) is 10.5. The summed E-state index contributed by atoms with van der Waals surface area (Å²) < 4.78 is 12.0. The Labute approximate surface area is 169 Å². The van der Waals surface area contributed by atoms with Gasteiger partial charge in [-0.2, -0.15) is 0 Å². The molecule has 1 fully saturated rings. The minimum atomic E-state index is 0.00490. The number of hydrogen-bond acceptors (Lipinski definition) is 4. The summed E-state index contributed by atoms with van der Waals surface area (Å²) in [5.41, 5.74) is 7.82. The molecule has 2 heterocycles. The Bertz CT molecular complexity index is 615. The minimum absolute atomic E-state index is 0.00490. The van der Waals surface area contributed by atoms with Crippen molar-refractivity contribution in [3.05, 3.63) is 16.7 Å². The Morgan fingerprint density at radius 1 is 1.11 bits per heavy atom. The summed E-state index contributed by atoms with van der Waals surface area (Å²) in [6.45, 7) is 8.35. The number of nitrogens with two attached hydrogens (primary N) is 1. The molecular formula is C22H35ClN2O2. The predicted octanol–water partition coefficient (Wildman–Crippen LogP) is 5.62. The molecule has 27 heavy (non-hydrogen) atoms. The predicted molar refractivity (Wildman–Crippen MR) is 113 cm³/mol. The Morgan fingerprint density at radius 2 is 1.81 bits per heavy atom. The third-order valence-corrected chi connectivity index (χ3v) is 6.20. The smallest absolute Gasteiger partial charge is 0.186 e. The van der Waals surface area contributed by atoms with Crippen LogP contribution in [-0.2, 0) is 0 Å². The van der Waals surface area contributed by atoms with E-state index in [1.807, 2.05) is 13.0 Å². The number of likely N-dealkylation sites (tertiary alicyclic amines) is 1. The third kappa shape index (κ3) is 5.23. The topological polar surface area (TPSA) is 47.7 Å². The molecule has 5 heteroatoms. The van der Waals surface area contributed by atoms with Crippen LogP contribution in [0.3, 0.4) is 0 Å². The van der Waals surface area contributed by atoms with Crippen LogP contribution in [-0.4, -0.2) is 37.2 Å². The van der Waals surface area contributed by atoms with Gasteiger partial charge < -0.3 is 20.1 Å². The zero-order valence-electron chi connectivity index (χ0n) is 16.9. The van der Waals surface area contributed by atoms with Crippen LogP contribution in [0.25, 0.3) is 0 Å². The van der Waals surface area contributed by atoms with Gasteiger partial charge in [0.1, 0.15) is 12.7 Å². The van der Waals surface area contributed by atoms with Gasteiger partial charge in [0.15, 0.2) is 11.5 Å². The molecule has 2 aliphatic rings. The van der Waals surface area contributed by atoms with Crippen molar-refractivity contribution in [1.82, 2.24) is 4.90 Å². The molecule has 152 valence electrons. The van der Waals surface area contributed by atoms with Crippen LogP contribution >= 0.6 is 11.6 Å². The van der Waals surface area contributed by atoms with Gasteiger partial charge in [0.25, 0.3) is 0 Å². The van der Waals surface area contributed by atoms with Crippen molar-refractivity contribution in [2.75, 3.05) is 32.0 Å². The molecule has 4 nitrogen and oxygen atoms in total. The highest BCUT2D eigenvalue weighted by Crippen LogP contribution is 2.48. The fourth-order valence-corrected chi connectivity index (χ4v) is 4.43. The Balaban J connectivity index is 1.54. The molecule has 0 aromatic heterocycles. The monoisotopic (exact) mass is 394 g/mol. The fourth-order valence-electron chi connectivity index (χ4n) is 4.23. The number of ether oxygens (including phenoxy) is 2. The summed E-state index contributed by atoms with van der Waals surface area (Å²) in [5.74, 6) is 1.93. The lowest BCUT2D eigenvalue weighted by Gasteiger charge is -2.35. The number of nitrogens with zero attached hydrogens (tertiary/aromatic N) is 1. The van der Waals surface area contributed by atoms with Crippen molar-refractivity contribution >= 4 is 17.3 Å². The van der Waals surface area contributed by atoms with E-state index in [2.05, 4.69) is 11.8 Å². The summed E-state index contributed by atoms with van der Waals surface area (Å²) in [5, 5.41) is 0.580. The first-order valence-electron chi connectivity index (χ1n) is 10.7. The number of halogens is 1. The molecule has 0 spiro atoms. The zero-order valence-corrected chi connectivity index (χ0v) is 17.7. The van der Waals surface area contributed by atoms with Gasteiger partial charge in [-0.3, -0.25) is 0 Å². The maximum atomic E-state index is 6.40. The summed E-state index contributed by atoms with van der Waals surface area (Å²) in [4.78, 5) is 2.61. The molecule has 1 aromatic rings. The molecule has 0 amide bonds. The average molecular weight is 395 g/mol. The molecule has 2 N–H and O–H groups in total. The van der Waals surface area contributed by atoms with Crippen LogP contribution in [0.1, 0.15) is 76.7 Å². The summed E-state index contributed by atoms with van der Waals surface area (Å²) in [6, 6.07) is 2.00. The van der Waals surface area contributed by atoms with Crippen molar-refractivity contribution in [2.45, 2.75) is 77.2 Å². The average Bonchev–Trinajstić information content (AvgIpc) is 2.68. The lowest BCUT2D eigenvalue weighted by Crippen LogP contribution is -2.34. The quantitative estimate of drug-likeness (QED) is 0.459. The van der Waals surface area contributed by atoms with Gasteiger partial charge in [-0.15, -0.1) is 0 Å². The first-order chi connectivity index (χ1) is 13.1. The second kappa shape index (κ2) is 9.88. The van der Waals surface area contributed by atoms with E-state index in [0.29, 0.717) is 29.0 Å². The minimum Gasteiger partial charge on any atom is -0.485 e. The number of nitrogen functional groups attached to an aromatic ring is 1. The van der Waals surface area contributed by atoms with Crippen LogP contribution in [0, 0.1) is 0 Å². The molecule has 2 aliphatic heterocycles. The van der Waals surface area contributed by atoms with Crippen LogP contribution in [0.4, 0.5) is 5.69 Å². The Kier molecular flexibility index (Phi) is 7.54. The molecule has 1 atom stereocenters. The van der Waals surface area contributed by atoms with E-state index in [1.54, 1.807) is 0 Å². The van der Waals surface area contributed by atoms with Crippen molar-refractivity contribution in [2.24, 2.45) is 0 Å². The van der Waals surface area contributed by atoms with Crippen molar-refractivity contribution in [3.63, 3.8) is 0 Å². The molecule has 0 radical (unpaired) electrons. The van der Waals surface area contributed by atoms with E-state index in [0.717, 1.165) is 31.7 Å². The second-order valence-electron chi connectivity index (χ2n) is 8.14. The van der Waals surface area contributed by atoms with Gasteiger partial charge in [-0.25, -0.2) is 0 Å². The number of unbranched alkanes of at least 4 members (excludes halogenated alkanes) is 5. The number of piperidine rings is 1. The first kappa shape index (κ1) is 20.6. The van der Waals surface area contributed by atoms with Crippen LogP contribution in [0.5, 0.6) is 11.5 Å². The highest BCUT2D eigenvalue weighted by Gasteiger charge is 2.30. The third-order valence-electron chi connectivity index (χ3n) is 5.89. The first-order valence-corrected chi connectivity index (χ1v) is 11.1. The largest absolute Gasteiger partial charge is 0.485 e. The molecular weight excluding hydrogens is 360 g/mol. The number of benzene rings is 1. The highest BCUT2D eigenvalue weighted by molar-refractivity contribution is 6.33. The molecule has 0 aliphatic carbocycles.